The fourth-order valence-electron chi connectivity index (χ4n) is 2.16. The molecule has 0 amide bonds. The number of benzene rings is 1. The average molecular weight is 374 g/mol. The van der Waals surface area contributed by atoms with Crippen LogP contribution in [0.5, 0.6) is 0 Å². The maximum absolute atomic E-state index is 13.0. The van der Waals surface area contributed by atoms with E-state index in [0.29, 0.717) is 12.1 Å². The smallest absolute Gasteiger partial charge is 0.143 e. The number of nitrogens with zero attached hydrogens (tertiary/aromatic N) is 2. The Morgan fingerprint density at radius 1 is 1.43 bits per heavy atom. The van der Waals surface area contributed by atoms with Crippen LogP contribution in [0.25, 0.3) is 0 Å². The molecule has 0 radical (unpaired) electrons. The molecule has 1 aromatic heterocycles. The summed E-state index contributed by atoms with van der Waals surface area (Å²) in [5.41, 5.74) is 2.36. The quantitative estimate of drug-likeness (QED) is 0.790. The second-order valence-corrected chi connectivity index (χ2v) is 5.99. The van der Waals surface area contributed by atoms with Gasteiger partial charge in [0.2, 0.25) is 0 Å². The molecular weight excluding hydrogens is 359 g/mol. The van der Waals surface area contributed by atoms with Crippen molar-refractivity contribution in [3.63, 3.8) is 0 Å². The molecule has 0 fully saturated rings. The molecule has 0 N–H and O–H groups in total. The molecule has 0 saturated carbocycles. The molecule has 112 valence electrons. The molecule has 1 aromatic carbocycles. The van der Waals surface area contributed by atoms with Gasteiger partial charge in [-0.1, -0.05) is 17.7 Å². The van der Waals surface area contributed by atoms with Crippen molar-refractivity contribution >= 4 is 33.3 Å². The zero-order valence-electron chi connectivity index (χ0n) is 11.8. The Hall–Kier alpha value is -1.20. The van der Waals surface area contributed by atoms with Crippen LogP contribution in [0.2, 0.25) is 5.02 Å². The number of aromatic nitrogens is 2. The Kier molecular flexibility index (Phi) is 5.17. The third kappa shape index (κ3) is 3.71. The van der Waals surface area contributed by atoms with Crippen LogP contribution >= 0.6 is 27.5 Å². The Morgan fingerprint density at radius 2 is 2.14 bits per heavy atom. The fraction of sp³-hybridized carbons (Fsp3) is 0.333. The standard InChI is InChI=1S/C15H15BrClFN2O/c1-3-20-14(15(16)9(2)19-20)8-12(21)6-10-4-5-11(18)7-13(10)17/h4-5,7H,3,6,8H2,1-2H3. The van der Waals surface area contributed by atoms with E-state index in [2.05, 4.69) is 21.0 Å². The number of hydrogen-bond acceptors (Lipinski definition) is 2. The lowest BCUT2D eigenvalue weighted by Crippen LogP contribution is -2.12. The summed E-state index contributed by atoms with van der Waals surface area (Å²) in [6.07, 6.45) is 0.447. The number of Topliss-reactive ketones (excluding diaryl/α,β-unsaturated/α-hetero) is 1. The number of ketones is 1. The van der Waals surface area contributed by atoms with E-state index in [-0.39, 0.29) is 23.6 Å². The van der Waals surface area contributed by atoms with Gasteiger partial charge in [-0.3, -0.25) is 9.48 Å². The Labute approximate surface area is 136 Å². The molecule has 0 aliphatic heterocycles. The first-order valence-electron chi connectivity index (χ1n) is 6.59. The van der Waals surface area contributed by atoms with Crippen molar-refractivity contribution in [2.24, 2.45) is 0 Å². The van der Waals surface area contributed by atoms with E-state index >= 15 is 0 Å². The minimum Gasteiger partial charge on any atom is -0.299 e. The Bertz CT molecular complexity index is 685. The summed E-state index contributed by atoms with van der Waals surface area (Å²) in [6.45, 7) is 4.57. The highest BCUT2D eigenvalue weighted by atomic mass is 79.9. The third-order valence-electron chi connectivity index (χ3n) is 3.22. The first kappa shape index (κ1) is 16.2. The minimum absolute atomic E-state index is 0.0128. The summed E-state index contributed by atoms with van der Waals surface area (Å²) < 4.78 is 15.7. The molecule has 21 heavy (non-hydrogen) atoms. The van der Waals surface area contributed by atoms with Crippen LogP contribution in [-0.2, 0) is 24.2 Å². The van der Waals surface area contributed by atoms with Gasteiger partial charge in [-0.15, -0.1) is 0 Å². The summed E-state index contributed by atoms with van der Waals surface area (Å²) in [7, 11) is 0. The predicted octanol–water partition coefficient (Wildman–Crippen LogP) is 4.12. The van der Waals surface area contributed by atoms with Crippen LogP contribution in [0.4, 0.5) is 4.39 Å². The predicted molar refractivity (Wildman–Crippen MR) is 84.2 cm³/mol. The van der Waals surface area contributed by atoms with Gasteiger partial charge in [0.1, 0.15) is 11.6 Å². The van der Waals surface area contributed by atoms with Gasteiger partial charge in [-0.2, -0.15) is 5.10 Å². The van der Waals surface area contributed by atoms with Gasteiger partial charge in [0.15, 0.2) is 0 Å². The van der Waals surface area contributed by atoms with Gasteiger partial charge in [0.05, 0.1) is 15.9 Å². The van der Waals surface area contributed by atoms with E-state index in [1.54, 1.807) is 6.07 Å². The van der Waals surface area contributed by atoms with Crippen LogP contribution in [-0.4, -0.2) is 15.6 Å². The summed E-state index contributed by atoms with van der Waals surface area (Å²) in [5, 5.41) is 4.64. The van der Waals surface area contributed by atoms with Crippen molar-refractivity contribution < 1.29 is 9.18 Å². The molecule has 2 rings (SSSR count). The van der Waals surface area contributed by atoms with Crippen molar-refractivity contribution in [2.45, 2.75) is 33.2 Å². The van der Waals surface area contributed by atoms with Gasteiger partial charge < -0.3 is 0 Å². The highest BCUT2D eigenvalue weighted by Crippen LogP contribution is 2.23. The minimum atomic E-state index is -0.404. The lowest BCUT2D eigenvalue weighted by molar-refractivity contribution is -0.117. The first-order chi connectivity index (χ1) is 9.92. The zero-order valence-corrected chi connectivity index (χ0v) is 14.1. The molecule has 0 bridgehead atoms. The van der Waals surface area contributed by atoms with Crippen molar-refractivity contribution in [2.75, 3.05) is 0 Å². The van der Waals surface area contributed by atoms with Gasteiger partial charge in [0.25, 0.3) is 0 Å². The maximum atomic E-state index is 13.0. The lowest BCUT2D eigenvalue weighted by atomic mass is 10.1. The van der Waals surface area contributed by atoms with E-state index in [1.807, 2.05) is 18.5 Å². The molecule has 0 spiro atoms. The van der Waals surface area contributed by atoms with Crippen molar-refractivity contribution in [3.05, 3.63) is 50.5 Å². The largest absolute Gasteiger partial charge is 0.299 e. The molecule has 0 saturated heterocycles. The van der Waals surface area contributed by atoms with Gasteiger partial charge in [-0.05, 0) is 47.5 Å². The van der Waals surface area contributed by atoms with Crippen LogP contribution in [0.3, 0.4) is 0 Å². The fourth-order valence-corrected chi connectivity index (χ4v) is 2.82. The summed E-state index contributed by atoms with van der Waals surface area (Å²) in [6, 6.07) is 4.08. The number of aryl methyl sites for hydroxylation is 2. The SMILES string of the molecule is CCn1nc(C)c(Br)c1CC(=O)Cc1ccc(F)cc1Cl. The van der Waals surface area contributed by atoms with Crippen LogP contribution in [0.15, 0.2) is 22.7 Å². The molecule has 0 unspecified atom stereocenters. The van der Waals surface area contributed by atoms with Crippen LogP contribution in [0.1, 0.15) is 23.9 Å². The van der Waals surface area contributed by atoms with E-state index < -0.39 is 5.82 Å². The Balaban J connectivity index is 2.15. The zero-order chi connectivity index (χ0) is 15.6. The number of carbonyl (C=O) groups excluding carboxylic acids is 1. The molecular formula is C15H15BrClFN2O. The van der Waals surface area contributed by atoms with Gasteiger partial charge in [-0.25, -0.2) is 4.39 Å². The highest BCUT2D eigenvalue weighted by Gasteiger charge is 2.16. The van der Waals surface area contributed by atoms with E-state index in [1.165, 1.54) is 12.1 Å². The normalized spacial score (nSPS) is 10.9. The Morgan fingerprint density at radius 3 is 2.76 bits per heavy atom. The van der Waals surface area contributed by atoms with Crippen LogP contribution in [0, 0.1) is 12.7 Å². The molecule has 0 aliphatic rings. The van der Waals surface area contributed by atoms with Crippen molar-refractivity contribution in [3.8, 4) is 0 Å². The number of carbonyl (C=O) groups is 1. The number of rotatable bonds is 5. The van der Waals surface area contributed by atoms with E-state index in [9.17, 15) is 9.18 Å². The third-order valence-corrected chi connectivity index (χ3v) is 4.60. The second-order valence-electron chi connectivity index (χ2n) is 4.79. The monoisotopic (exact) mass is 372 g/mol. The van der Waals surface area contributed by atoms with Crippen molar-refractivity contribution in [1.82, 2.24) is 9.78 Å². The maximum Gasteiger partial charge on any atom is 0.143 e. The number of hydrogen-bond donors (Lipinski definition) is 0. The lowest BCUT2D eigenvalue weighted by Gasteiger charge is -2.06. The second kappa shape index (κ2) is 6.71. The van der Waals surface area contributed by atoms with Gasteiger partial charge in [0, 0.05) is 24.4 Å². The molecule has 3 nitrogen and oxygen atoms in total. The van der Waals surface area contributed by atoms with Crippen molar-refractivity contribution in [1.29, 1.82) is 0 Å². The molecule has 2 aromatic rings. The van der Waals surface area contributed by atoms with Crippen LogP contribution < -0.4 is 0 Å². The van der Waals surface area contributed by atoms with E-state index in [0.717, 1.165) is 15.9 Å². The van der Waals surface area contributed by atoms with E-state index in [4.69, 9.17) is 11.6 Å². The summed E-state index contributed by atoms with van der Waals surface area (Å²) >= 11 is 9.42. The molecule has 0 atom stereocenters. The summed E-state index contributed by atoms with van der Waals surface area (Å²) in [5.74, 6) is -0.391. The highest BCUT2D eigenvalue weighted by molar-refractivity contribution is 9.10. The topological polar surface area (TPSA) is 34.9 Å². The first-order valence-corrected chi connectivity index (χ1v) is 7.76. The number of halogens is 3. The summed E-state index contributed by atoms with van der Waals surface area (Å²) in [4.78, 5) is 12.2. The molecule has 6 heteroatoms. The molecule has 1 heterocycles. The van der Waals surface area contributed by atoms with Gasteiger partial charge >= 0.3 is 0 Å². The molecule has 0 aliphatic carbocycles. The average Bonchev–Trinajstić information content (AvgIpc) is 2.69.